The van der Waals surface area contributed by atoms with Crippen molar-refractivity contribution in [3.8, 4) is 0 Å². The Balaban J connectivity index is 0.000000198. The summed E-state index contributed by atoms with van der Waals surface area (Å²) in [5, 5.41) is 32.8. The first-order chi connectivity index (χ1) is 28.1. The summed E-state index contributed by atoms with van der Waals surface area (Å²) < 4.78 is 79.6. The number of hydrogen-bond acceptors (Lipinski definition) is 15. The molecule has 3 heterocycles. The van der Waals surface area contributed by atoms with Gasteiger partial charge in [-0.3, -0.25) is 44.7 Å². The molecular weight excluding hydrogens is 925 g/mol. The Bertz CT molecular complexity index is 2380. The molecule has 24 heteroatoms. The van der Waals surface area contributed by atoms with Crippen molar-refractivity contribution in [2.24, 2.45) is 0 Å². The number of benzene rings is 3. The molecular formula is C36H21F6N3O9S6. The van der Waals surface area contributed by atoms with Crippen LogP contribution in [0.25, 0.3) is 0 Å². The van der Waals surface area contributed by atoms with Gasteiger partial charge in [-0.05, 0) is 57.2 Å². The van der Waals surface area contributed by atoms with Crippen LogP contribution in [0, 0.1) is 65.2 Å². The van der Waals surface area contributed by atoms with Crippen molar-refractivity contribution >= 4 is 104 Å². The average molecular weight is 946 g/mol. The summed E-state index contributed by atoms with van der Waals surface area (Å²) >= 11 is 5.14. The molecule has 12 nitrogen and oxygen atoms in total. The fraction of sp³-hybridized carbons (Fsp3) is 0.0833. The molecule has 0 aliphatic carbocycles. The number of thiophene rings is 3. The molecule has 3 aromatic carbocycles. The summed E-state index contributed by atoms with van der Waals surface area (Å²) in [7, 11) is 0. The van der Waals surface area contributed by atoms with Gasteiger partial charge in [0.05, 0.1) is 29.4 Å². The monoisotopic (exact) mass is 945 g/mol. The Morgan fingerprint density at radius 3 is 0.867 bits per heavy atom. The number of nitro groups is 3. The van der Waals surface area contributed by atoms with Crippen LogP contribution < -0.4 is 0 Å². The Morgan fingerprint density at radius 1 is 0.450 bits per heavy atom. The van der Waals surface area contributed by atoms with Crippen molar-refractivity contribution in [3.63, 3.8) is 0 Å². The standard InChI is InChI=1S/3C12H7F2NO3S2/c3*1-6(16)11-5-9(15(17)18)12(20-11)19-10-3-2-7(13)4-8(10)14/h3*2-5H,1H3. The molecule has 0 spiro atoms. The van der Waals surface area contributed by atoms with Gasteiger partial charge in [-0.2, -0.15) is 0 Å². The molecule has 60 heavy (non-hydrogen) atoms. The first-order valence-electron chi connectivity index (χ1n) is 15.9. The lowest BCUT2D eigenvalue weighted by Crippen LogP contribution is -1.88. The zero-order chi connectivity index (χ0) is 44.6. The van der Waals surface area contributed by atoms with Gasteiger partial charge in [-0.1, -0.05) is 35.3 Å². The summed E-state index contributed by atoms with van der Waals surface area (Å²) in [6.45, 7) is 3.88. The minimum Gasteiger partial charge on any atom is -0.294 e. The topological polar surface area (TPSA) is 181 Å². The van der Waals surface area contributed by atoms with Crippen LogP contribution in [0.4, 0.5) is 43.4 Å². The average Bonchev–Trinajstić information content (AvgIpc) is 3.90. The molecule has 3 aromatic heterocycles. The van der Waals surface area contributed by atoms with Crippen molar-refractivity contribution in [1.29, 1.82) is 0 Å². The third kappa shape index (κ3) is 12.6. The van der Waals surface area contributed by atoms with E-state index in [-0.39, 0.29) is 76.4 Å². The summed E-state index contributed by atoms with van der Waals surface area (Å²) in [4.78, 5) is 65.5. The zero-order valence-corrected chi connectivity index (χ0v) is 35.1. The van der Waals surface area contributed by atoms with E-state index in [0.29, 0.717) is 18.2 Å². The number of carbonyl (C=O) groups is 3. The minimum atomic E-state index is -0.804. The first-order valence-corrected chi connectivity index (χ1v) is 20.8. The van der Waals surface area contributed by atoms with Gasteiger partial charge in [0.1, 0.15) is 47.5 Å². The van der Waals surface area contributed by atoms with E-state index in [9.17, 15) is 71.1 Å². The quantitative estimate of drug-likeness (QED) is 0.0491. The van der Waals surface area contributed by atoms with Crippen LogP contribution in [-0.4, -0.2) is 32.1 Å². The molecule has 312 valence electrons. The predicted molar refractivity (Wildman–Crippen MR) is 214 cm³/mol. The van der Waals surface area contributed by atoms with Crippen LogP contribution in [0.3, 0.4) is 0 Å². The molecule has 0 amide bonds. The third-order valence-corrected chi connectivity index (χ3v) is 14.4. The van der Waals surface area contributed by atoms with E-state index >= 15 is 0 Å². The molecule has 0 unspecified atom stereocenters. The molecule has 0 N–H and O–H groups in total. The largest absolute Gasteiger partial charge is 0.294 e. The number of ketones is 3. The fourth-order valence-electron chi connectivity index (χ4n) is 4.19. The highest BCUT2D eigenvalue weighted by Crippen LogP contribution is 2.44. The zero-order valence-electron chi connectivity index (χ0n) is 30.2. The lowest BCUT2D eigenvalue weighted by atomic mass is 10.3. The number of carbonyl (C=O) groups excluding carboxylic acids is 3. The number of halogens is 6. The van der Waals surface area contributed by atoms with E-state index in [4.69, 9.17) is 0 Å². The smallest absolute Gasteiger partial charge is 0.294 e. The number of hydrogen-bond donors (Lipinski definition) is 0. The molecule has 0 saturated heterocycles. The number of rotatable bonds is 12. The van der Waals surface area contributed by atoms with Crippen molar-refractivity contribution < 1.29 is 55.5 Å². The van der Waals surface area contributed by atoms with Crippen LogP contribution in [0.2, 0.25) is 0 Å². The van der Waals surface area contributed by atoms with Gasteiger partial charge >= 0.3 is 0 Å². The van der Waals surface area contributed by atoms with E-state index in [1.165, 1.54) is 39.0 Å². The van der Waals surface area contributed by atoms with Gasteiger partial charge < -0.3 is 0 Å². The summed E-state index contributed by atoms with van der Waals surface area (Å²) in [6, 6.07) is 12.4. The number of Topliss-reactive ketones (excluding diaryl/α,β-unsaturated/α-hetero) is 3. The highest BCUT2D eigenvalue weighted by atomic mass is 32.2. The van der Waals surface area contributed by atoms with Gasteiger partial charge in [0.2, 0.25) is 0 Å². The molecule has 0 saturated carbocycles. The normalized spacial score (nSPS) is 10.6. The highest BCUT2D eigenvalue weighted by molar-refractivity contribution is 8.02. The molecule has 0 atom stereocenters. The Labute approximate surface area is 358 Å². The molecule has 0 aliphatic heterocycles. The molecule has 0 aliphatic rings. The molecule has 6 aromatic rings. The Kier molecular flexibility index (Phi) is 16.3. The van der Waals surface area contributed by atoms with E-state index < -0.39 is 49.7 Å². The minimum absolute atomic E-state index is 0.0615. The highest BCUT2D eigenvalue weighted by Gasteiger charge is 2.25. The molecule has 0 fully saturated rings. The van der Waals surface area contributed by atoms with Crippen LogP contribution in [0.5, 0.6) is 0 Å². The van der Waals surface area contributed by atoms with E-state index in [1.807, 2.05) is 0 Å². The van der Waals surface area contributed by atoms with E-state index in [2.05, 4.69) is 0 Å². The van der Waals surface area contributed by atoms with E-state index in [1.54, 1.807) is 0 Å². The van der Waals surface area contributed by atoms with Gasteiger partial charge in [-0.15, -0.1) is 34.0 Å². The molecule has 0 radical (unpaired) electrons. The third-order valence-electron chi connectivity index (χ3n) is 6.96. The molecule has 6 rings (SSSR count). The second kappa shape index (κ2) is 20.7. The summed E-state index contributed by atoms with van der Waals surface area (Å²) in [6.07, 6.45) is 0. The van der Waals surface area contributed by atoms with Gasteiger partial charge in [0.25, 0.3) is 17.1 Å². The van der Waals surface area contributed by atoms with Crippen molar-refractivity contribution in [1.82, 2.24) is 0 Å². The number of nitrogens with zero attached hydrogens (tertiary/aromatic N) is 3. The van der Waals surface area contributed by atoms with Crippen LogP contribution in [-0.2, 0) is 0 Å². The second-order valence-electron chi connectivity index (χ2n) is 11.3. The second-order valence-corrected chi connectivity index (χ2v) is 18.4. The van der Waals surface area contributed by atoms with Crippen molar-refractivity contribution in [2.75, 3.05) is 0 Å². The van der Waals surface area contributed by atoms with Gasteiger partial charge in [-0.25, -0.2) is 26.3 Å². The maximum absolute atomic E-state index is 13.5. The van der Waals surface area contributed by atoms with Crippen LogP contribution >= 0.6 is 69.3 Å². The van der Waals surface area contributed by atoms with Crippen LogP contribution in [0.15, 0.2) is 100 Å². The SMILES string of the molecule is CC(=O)c1cc([N+](=O)[O-])c(Sc2ccc(F)cc2F)s1.CC(=O)c1cc([N+](=O)[O-])c(Sc2ccc(F)cc2F)s1.CC(=O)c1cc([N+](=O)[O-])c(Sc2ccc(F)cc2F)s1. The Morgan fingerprint density at radius 2 is 0.683 bits per heavy atom. The van der Waals surface area contributed by atoms with Gasteiger partial charge in [0, 0.05) is 51.1 Å². The predicted octanol–water partition coefficient (Wildman–Crippen LogP) is 12.9. The van der Waals surface area contributed by atoms with E-state index in [0.717, 1.165) is 106 Å². The first kappa shape index (κ1) is 47.3. The lowest BCUT2D eigenvalue weighted by molar-refractivity contribution is -0.387. The lowest BCUT2D eigenvalue weighted by Gasteiger charge is -2.00. The van der Waals surface area contributed by atoms with Gasteiger partial charge in [0.15, 0.2) is 17.3 Å². The Hall–Kier alpha value is -5.40. The maximum atomic E-state index is 13.5. The summed E-state index contributed by atoms with van der Waals surface area (Å²) in [5.41, 5.74) is -0.767. The van der Waals surface area contributed by atoms with Crippen molar-refractivity contribution in [3.05, 3.63) is 153 Å². The van der Waals surface area contributed by atoms with Crippen molar-refractivity contribution in [2.45, 2.75) is 48.1 Å². The fourth-order valence-corrected chi connectivity index (χ4v) is 10.8. The maximum Gasteiger partial charge on any atom is 0.294 e. The molecule has 0 bridgehead atoms. The van der Waals surface area contributed by atoms with Crippen LogP contribution in [0.1, 0.15) is 49.8 Å². The summed E-state index contributed by atoms with van der Waals surface area (Å²) in [5.74, 6) is -5.49.